The Hall–Kier alpha value is -1.53. The molecular weight excluding hydrogens is 303 g/mol. The minimum atomic E-state index is -1.19. The molecule has 0 saturated heterocycles. The first-order valence-electron chi connectivity index (χ1n) is 8.97. The largest absolute Gasteiger partial charge is 0.508 e. The third-order valence-corrected chi connectivity index (χ3v) is 7.39. The van der Waals surface area contributed by atoms with Crippen LogP contribution in [0.15, 0.2) is 18.2 Å². The highest BCUT2D eigenvalue weighted by molar-refractivity contribution is 5.42. The number of halogens is 1. The number of benzene rings is 1. The van der Waals surface area contributed by atoms with Crippen LogP contribution in [0.3, 0.4) is 0 Å². The van der Waals surface area contributed by atoms with Gasteiger partial charge in [0, 0.05) is 11.3 Å². The molecule has 0 aliphatic heterocycles. The van der Waals surface area contributed by atoms with Gasteiger partial charge in [0.25, 0.3) is 0 Å². The Morgan fingerprint density at radius 2 is 2.12 bits per heavy atom. The fraction of sp³-hybridized carbons (Fsp3) is 0.619. The molecule has 1 aromatic carbocycles. The van der Waals surface area contributed by atoms with Crippen LogP contribution >= 0.6 is 0 Å². The van der Waals surface area contributed by atoms with Crippen molar-refractivity contribution in [1.82, 2.24) is 0 Å². The third kappa shape index (κ3) is 1.87. The third-order valence-electron chi connectivity index (χ3n) is 7.39. The molecule has 0 heterocycles. The van der Waals surface area contributed by atoms with Gasteiger partial charge in [-0.05, 0) is 66.7 Å². The predicted octanol–water partition coefficient (Wildman–Crippen LogP) is 3.81. The fourth-order valence-corrected chi connectivity index (χ4v) is 6.20. The quantitative estimate of drug-likeness (QED) is 0.711. The maximum Gasteiger partial charge on any atom is 0.130 e. The smallest absolute Gasteiger partial charge is 0.130 e. The van der Waals surface area contributed by atoms with Crippen molar-refractivity contribution in [2.45, 2.75) is 57.2 Å². The highest BCUT2D eigenvalue weighted by Gasteiger charge is 2.64. The van der Waals surface area contributed by atoms with Crippen molar-refractivity contribution in [1.29, 1.82) is 0 Å². The van der Waals surface area contributed by atoms with Crippen LogP contribution in [0.5, 0.6) is 5.75 Å². The highest BCUT2D eigenvalue weighted by Crippen LogP contribution is 2.65. The standard InChI is InChI=1S/C21H25FO2/c1-4-21(24)8-7-16-18-12(2)9-13-10-14(23)5-6-15(13)19(18)17(22)11-20(16,21)3/h1,5-6,10,12,16-19,23-24H,7-9,11H2,2-3H3/t12-,16+,17+,18+,19+,20+,21+/m1/s1. The van der Waals surface area contributed by atoms with Gasteiger partial charge < -0.3 is 10.2 Å². The molecule has 3 aliphatic carbocycles. The number of phenolic OH excluding ortho intramolecular Hbond substituents is 1. The summed E-state index contributed by atoms with van der Waals surface area (Å²) in [5, 5.41) is 20.7. The molecule has 2 fully saturated rings. The molecule has 128 valence electrons. The molecule has 4 rings (SSSR count). The number of aromatic hydroxyl groups is 1. The van der Waals surface area contributed by atoms with Gasteiger partial charge in [-0.25, -0.2) is 4.39 Å². The molecule has 0 radical (unpaired) electrons. The number of fused-ring (bicyclic) bond motifs is 5. The van der Waals surface area contributed by atoms with Gasteiger partial charge in [0.15, 0.2) is 0 Å². The minimum Gasteiger partial charge on any atom is -0.508 e. The van der Waals surface area contributed by atoms with Crippen LogP contribution in [0.4, 0.5) is 4.39 Å². The van der Waals surface area contributed by atoms with E-state index >= 15 is 4.39 Å². The van der Waals surface area contributed by atoms with Gasteiger partial charge in [-0.1, -0.05) is 25.8 Å². The summed E-state index contributed by atoms with van der Waals surface area (Å²) in [4.78, 5) is 0. The SMILES string of the molecule is C#C[C@]1(O)CC[C@H]2[C@H]3[C@@H](c4ccc(O)cc4C[C@H]3C)[C@@H](F)C[C@@]21C. The van der Waals surface area contributed by atoms with Crippen LogP contribution in [-0.2, 0) is 6.42 Å². The second kappa shape index (κ2) is 4.99. The monoisotopic (exact) mass is 328 g/mol. The Morgan fingerprint density at radius 3 is 2.83 bits per heavy atom. The van der Waals surface area contributed by atoms with Crippen molar-refractivity contribution in [3.63, 3.8) is 0 Å². The minimum absolute atomic E-state index is 0.150. The number of rotatable bonds is 0. The van der Waals surface area contributed by atoms with Gasteiger partial charge in [-0.3, -0.25) is 0 Å². The molecule has 2 nitrogen and oxygen atoms in total. The molecule has 0 aromatic heterocycles. The second-order valence-corrected chi connectivity index (χ2v) is 8.46. The lowest BCUT2D eigenvalue weighted by Gasteiger charge is -2.55. The lowest BCUT2D eigenvalue weighted by Crippen LogP contribution is -2.55. The van der Waals surface area contributed by atoms with Crippen molar-refractivity contribution < 1.29 is 14.6 Å². The first-order valence-corrected chi connectivity index (χ1v) is 8.97. The molecule has 1 aromatic rings. The molecular formula is C21H25FO2. The van der Waals surface area contributed by atoms with Crippen molar-refractivity contribution in [3.8, 4) is 18.1 Å². The lowest BCUT2D eigenvalue weighted by molar-refractivity contribution is -0.0985. The van der Waals surface area contributed by atoms with Crippen LogP contribution in [0.25, 0.3) is 0 Å². The highest BCUT2D eigenvalue weighted by atomic mass is 19.1. The summed E-state index contributed by atoms with van der Waals surface area (Å²) in [6, 6.07) is 5.35. The molecule has 7 atom stereocenters. The fourth-order valence-electron chi connectivity index (χ4n) is 6.20. The molecule has 3 heteroatoms. The van der Waals surface area contributed by atoms with E-state index in [1.54, 1.807) is 12.1 Å². The molecule has 2 saturated carbocycles. The molecule has 2 N–H and O–H groups in total. The number of phenols is 1. The first-order chi connectivity index (χ1) is 11.3. The van der Waals surface area contributed by atoms with Crippen molar-refractivity contribution >= 4 is 0 Å². The molecule has 0 spiro atoms. The Balaban J connectivity index is 1.82. The van der Waals surface area contributed by atoms with Crippen LogP contribution in [-0.4, -0.2) is 22.0 Å². The van der Waals surface area contributed by atoms with Gasteiger partial charge in [0.1, 0.15) is 17.5 Å². The molecule has 24 heavy (non-hydrogen) atoms. The Morgan fingerprint density at radius 1 is 1.38 bits per heavy atom. The van der Waals surface area contributed by atoms with Gasteiger partial charge in [0.05, 0.1) is 0 Å². The summed E-state index contributed by atoms with van der Waals surface area (Å²) in [6.45, 7) is 4.17. The summed E-state index contributed by atoms with van der Waals surface area (Å²) in [5.74, 6) is 3.44. The number of terminal acetylenes is 1. The second-order valence-electron chi connectivity index (χ2n) is 8.46. The van der Waals surface area contributed by atoms with Crippen LogP contribution in [0, 0.1) is 35.5 Å². The molecule has 0 amide bonds. The van der Waals surface area contributed by atoms with Crippen LogP contribution < -0.4 is 0 Å². The topological polar surface area (TPSA) is 40.5 Å². The average Bonchev–Trinajstić information content (AvgIpc) is 2.79. The van der Waals surface area contributed by atoms with Gasteiger partial charge in [0.2, 0.25) is 0 Å². The zero-order valence-corrected chi connectivity index (χ0v) is 14.3. The van der Waals surface area contributed by atoms with E-state index in [1.165, 1.54) is 0 Å². The predicted molar refractivity (Wildman–Crippen MR) is 91.3 cm³/mol. The Bertz CT molecular complexity index is 723. The number of aliphatic hydroxyl groups is 1. The number of alkyl halides is 1. The van der Waals surface area contributed by atoms with Gasteiger partial charge in [-0.15, -0.1) is 6.42 Å². The molecule has 0 unspecified atom stereocenters. The maximum atomic E-state index is 15.4. The molecule has 0 bridgehead atoms. The summed E-state index contributed by atoms with van der Waals surface area (Å²) in [7, 11) is 0. The lowest BCUT2D eigenvalue weighted by atomic mass is 9.50. The van der Waals surface area contributed by atoms with Crippen LogP contribution in [0.1, 0.15) is 50.2 Å². The van der Waals surface area contributed by atoms with E-state index in [-0.39, 0.29) is 23.5 Å². The van der Waals surface area contributed by atoms with Crippen LogP contribution in [0.2, 0.25) is 0 Å². The summed E-state index contributed by atoms with van der Waals surface area (Å²) < 4.78 is 15.4. The van der Waals surface area contributed by atoms with E-state index in [0.29, 0.717) is 18.8 Å². The summed E-state index contributed by atoms with van der Waals surface area (Å²) >= 11 is 0. The normalized spacial score (nSPS) is 46.5. The molecule has 3 aliphatic rings. The zero-order valence-electron chi connectivity index (χ0n) is 14.3. The van der Waals surface area contributed by atoms with E-state index < -0.39 is 17.2 Å². The summed E-state index contributed by atoms with van der Waals surface area (Å²) in [5.41, 5.74) is 0.370. The Labute approximate surface area is 143 Å². The average molecular weight is 328 g/mol. The summed E-state index contributed by atoms with van der Waals surface area (Å²) in [6.07, 6.45) is 7.22. The van der Waals surface area contributed by atoms with Gasteiger partial charge in [-0.2, -0.15) is 0 Å². The Kier molecular flexibility index (Phi) is 3.32. The van der Waals surface area contributed by atoms with Gasteiger partial charge >= 0.3 is 0 Å². The van der Waals surface area contributed by atoms with Crippen molar-refractivity contribution in [2.75, 3.05) is 0 Å². The van der Waals surface area contributed by atoms with E-state index in [2.05, 4.69) is 12.8 Å². The number of hydrogen-bond acceptors (Lipinski definition) is 2. The van der Waals surface area contributed by atoms with E-state index in [1.807, 2.05) is 13.0 Å². The van der Waals surface area contributed by atoms with E-state index in [0.717, 1.165) is 24.0 Å². The van der Waals surface area contributed by atoms with Crippen molar-refractivity contribution in [3.05, 3.63) is 29.3 Å². The first kappa shape index (κ1) is 16.0. The maximum absolute atomic E-state index is 15.4. The van der Waals surface area contributed by atoms with E-state index in [9.17, 15) is 10.2 Å². The zero-order chi connectivity index (χ0) is 17.3. The van der Waals surface area contributed by atoms with E-state index in [4.69, 9.17) is 6.42 Å². The number of hydrogen-bond donors (Lipinski definition) is 2. The van der Waals surface area contributed by atoms with Crippen molar-refractivity contribution in [2.24, 2.45) is 23.2 Å².